The fraction of sp³-hybridized carbons (Fsp3) is 1.00. The van der Waals surface area contributed by atoms with Gasteiger partial charge in [0.1, 0.15) is 0 Å². The van der Waals surface area contributed by atoms with E-state index in [1.165, 1.54) is 51.5 Å². The third-order valence-electron chi connectivity index (χ3n) is 3.67. The smallest absolute Gasteiger partial charge is 0.000250 e. The maximum atomic E-state index is 3.49. The van der Waals surface area contributed by atoms with Gasteiger partial charge in [0.2, 0.25) is 0 Å². The van der Waals surface area contributed by atoms with Crippen molar-refractivity contribution in [3.05, 3.63) is 0 Å². The summed E-state index contributed by atoms with van der Waals surface area (Å²) >= 11 is 0. The molecule has 0 spiro atoms. The molecule has 1 rings (SSSR count). The Morgan fingerprint density at radius 2 is 1.67 bits per heavy atom. The monoisotopic (exact) mass is 211 g/mol. The van der Waals surface area contributed by atoms with Crippen LogP contribution >= 0.6 is 0 Å². The van der Waals surface area contributed by atoms with Gasteiger partial charge in [-0.1, -0.05) is 59.3 Å². The van der Waals surface area contributed by atoms with Crippen molar-refractivity contribution in [2.75, 3.05) is 13.1 Å². The van der Waals surface area contributed by atoms with E-state index in [4.69, 9.17) is 0 Å². The Bertz CT molecular complexity index is 155. The molecule has 0 aromatic heterocycles. The molecule has 1 heteroatoms. The number of rotatable bonds is 5. The summed E-state index contributed by atoms with van der Waals surface area (Å²) in [7, 11) is 0. The Hall–Kier alpha value is -0.0400. The van der Waals surface area contributed by atoms with Crippen LogP contribution < -0.4 is 5.32 Å². The van der Waals surface area contributed by atoms with E-state index in [1.54, 1.807) is 0 Å². The number of nitrogens with one attached hydrogen (secondary N) is 1. The van der Waals surface area contributed by atoms with E-state index < -0.39 is 0 Å². The van der Waals surface area contributed by atoms with E-state index in [2.05, 4.69) is 26.1 Å². The molecule has 0 heterocycles. The van der Waals surface area contributed by atoms with Crippen LogP contribution in [0.4, 0.5) is 0 Å². The highest BCUT2D eigenvalue weighted by Gasteiger charge is 2.23. The fourth-order valence-electron chi connectivity index (χ4n) is 2.89. The Balaban J connectivity index is 2.30. The third kappa shape index (κ3) is 5.55. The molecule has 0 atom stereocenters. The zero-order valence-corrected chi connectivity index (χ0v) is 10.9. The standard InChI is InChI=1S/C14H29N/c1-4-15-12-14(2,3)11-13-9-7-5-6-8-10-13/h13,15H,4-12H2,1-3H3. The van der Waals surface area contributed by atoms with Crippen molar-refractivity contribution >= 4 is 0 Å². The van der Waals surface area contributed by atoms with Crippen molar-refractivity contribution < 1.29 is 0 Å². The van der Waals surface area contributed by atoms with Crippen molar-refractivity contribution in [3.63, 3.8) is 0 Å². The molecule has 0 amide bonds. The van der Waals surface area contributed by atoms with Crippen LogP contribution in [0.15, 0.2) is 0 Å². The highest BCUT2D eigenvalue weighted by atomic mass is 14.9. The molecule has 0 bridgehead atoms. The van der Waals surface area contributed by atoms with E-state index >= 15 is 0 Å². The van der Waals surface area contributed by atoms with Gasteiger partial charge < -0.3 is 5.32 Å². The van der Waals surface area contributed by atoms with Gasteiger partial charge >= 0.3 is 0 Å². The van der Waals surface area contributed by atoms with Gasteiger partial charge in [0.05, 0.1) is 0 Å². The van der Waals surface area contributed by atoms with Crippen LogP contribution in [0.3, 0.4) is 0 Å². The van der Waals surface area contributed by atoms with E-state index in [-0.39, 0.29) is 0 Å². The van der Waals surface area contributed by atoms with Crippen LogP contribution in [0.25, 0.3) is 0 Å². The van der Waals surface area contributed by atoms with Crippen LogP contribution in [0.5, 0.6) is 0 Å². The largest absolute Gasteiger partial charge is 0.316 e. The average Bonchev–Trinajstić information content (AvgIpc) is 2.43. The Morgan fingerprint density at radius 1 is 1.07 bits per heavy atom. The molecule has 0 saturated heterocycles. The molecule has 1 N–H and O–H groups in total. The molecule has 0 aromatic carbocycles. The first kappa shape index (κ1) is 13.0. The van der Waals surface area contributed by atoms with Gasteiger partial charge in [0.15, 0.2) is 0 Å². The van der Waals surface area contributed by atoms with Gasteiger partial charge in [-0.25, -0.2) is 0 Å². The normalized spacial score (nSPS) is 20.2. The zero-order valence-electron chi connectivity index (χ0n) is 10.9. The summed E-state index contributed by atoms with van der Waals surface area (Å²) in [5.41, 5.74) is 0.491. The van der Waals surface area contributed by atoms with E-state index in [0.717, 1.165) is 12.5 Å². The topological polar surface area (TPSA) is 12.0 Å². The molecular weight excluding hydrogens is 182 g/mol. The van der Waals surface area contributed by atoms with Gasteiger partial charge in [-0.3, -0.25) is 0 Å². The number of hydrogen-bond donors (Lipinski definition) is 1. The second-order valence-electron chi connectivity index (χ2n) is 6.01. The lowest BCUT2D eigenvalue weighted by Gasteiger charge is -2.29. The highest BCUT2D eigenvalue weighted by molar-refractivity contribution is 4.77. The summed E-state index contributed by atoms with van der Waals surface area (Å²) in [6.07, 6.45) is 10.3. The summed E-state index contributed by atoms with van der Waals surface area (Å²) in [4.78, 5) is 0. The summed E-state index contributed by atoms with van der Waals surface area (Å²) in [5.74, 6) is 1.00. The summed E-state index contributed by atoms with van der Waals surface area (Å²) in [6, 6.07) is 0. The Morgan fingerprint density at radius 3 is 2.20 bits per heavy atom. The van der Waals surface area contributed by atoms with Crippen LogP contribution in [0.1, 0.15) is 65.7 Å². The molecule has 1 aliphatic rings. The van der Waals surface area contributed by atoms with Gasteiger partial charge in [-0.15, -0.1) is 0 Å². The Labute approximate surface area is 96.0 Å². The first-order chi connectivity index (χ1) is 7.14. The third-order valence-corrected chi connectivity index (χ3v) is 3.67. The van der Waals surface area contributed by atoms with Gasteiger partial charge in [0.25, 0.3) is 0 Å². The average molecular weight is 211 g/mol. The van der Waals surface area contributed by atoms with Crippen molar-refractivity contribution in [1.82, 2.24) is 5.32 Å². The number of hydrogen-bond acceptors (Lipinski definition) is 1. The molecule has 15 heavy (non-hydrogen) atoms. The SMILES string of the molecule is CCNCC(C)(C)CC1CCCCCC1. The quantitative estimate of drug-likeness (QED) is 0.678. The first-order valence-electron chi connectivity index (χ1n) is 6.85. The highest BCUT2D eigenvalue weighted by Crippen LogP contribution is 2.33. The van der Waals surface area contributed by atoms with Crippen molar-refractivity contribution in [2.45, 2.75) is 65.7 Å². The van der Waals surface area contributed by atoms with E-state index in [1.807, 2.05) is 0 Å². The summed E-state index contributed by atoms with van der Waals surface area (Å²) in [6.45, 7) is 9.32. The van der Waals surface area contributed by atoms with Crippen molar-refractivity contribution in [2.24, 2.45) is 11.3 Å². The van der Waals surface area contributed by atoms with Crippen molar-refractivity contribution in [1.29, 1.82) is 0 Å². The molecule has 0 aromatic rings. The van der Waals surface area contributed by atoms with Crippen LogP contribution in [0, 0.1) is 11.3 Å². The predicted octanol–water partition coefficient (Wildman–Crippen LogP) is 3.98. The second kappa shape index (κ2) is 6.52. The lowest BCUT2D eigenvalue weighted by molar-refractivity contribution is 0.241. The van der Waals surface area contributed by atoms with Crippen molar-refractivity contribution in [3.8, 4) is 0 Å². The van der Waals surface area contributed by atoms with Crippen LogP contribution in [-0.4, -0.2) is 13.1 Å². The maximum Gasteiger partial charge on any atom is 0.000250 e. The Kier molecular flexibility index (Phi) is 5.66. The lowest BCUT2D eigenvalue weighted by atomic mass is 9.80. The minimum atomic E-state index is 0.491. The van der Waals surface area contributed by atoms with E-state index in [0.29, 0.717) is 5.41 Å². The molecule has 1 saturated carbocycles. The minimum Gasteiger partial charge on any atom is -0.316 e. The molecule has 1 fully saturated rings. The summed E-state index contributed by atoms with van der Waals surface area (Å²) < 4.78 is 0. The zero-order chi connectivity index (χ0) is 11.1. The molecular formula is C14H29N. The first-order valence-corrected chi connectivity index (χ1v) is 6.85. The fourth-order valence-corrected chi connectivity index (χ4v) is 2.89. The molecule has 0 radical (unpaired) electrons. The van der Waals surface area contributed by atoms with Gasteiger partial charge in [-0.05, 0) is 24.3 Å². The summed E-state index contributed by atoms with van der Waals surface area (Å²) in [5, 5.41) is 3.49. The van der Waals surface area contributed by atoms with Crippen LogP contribution in [-0.2, 0) is 0 Å². The molecule has 0 aliphatic heterocycles. The van der Waals surface area contributed by atoms with Gasteiger partial charge in [0, 0.05) is 6.54 Å². The molecule has 90 valence electrons. The maximum absolute atomic E-state index is 3.49. The molecule has 1 aliphatic carbocycles. The van der Waals surface area contributed by atoms with Crippen LogP contribution in [0.2, 0.25) is 0 Å². The predicted molar refractivity (Wildman–Crippen MR) is 68.1 cm³/mol. The minimum absolute atomic E-state index is 0.491. The van der Waals surface area contributed by atoms with E-state index in [9.17, 15) is 0 Å². The molecule has 1 nitrogen and oxygen atoms in total. The molecule has 0 unspecified atom stereocenters. The second-order valence-corrected chi connectivity index (χ2v) is 6.01. The lowest BCUT2D eigenvalue weighted by Crippen LogP contribution is -2.31. The van der Waals surface area contributed by atoms with Gasteiger partial charge in [-0.2, -0.15) is 0 Å².